The van der Waals surface area contributed by atoms with Crippen LogP contribution in [-0.2, 0) is 17.8 Å². The lowest BCUT2D eigenvalue weighted by atomic mass is 10.1. The summed E-state index contributed by atoms with van der Waals surface area (Å²) in [5, 5.41) is 3.04. The fourth-order valence-electron chi connectivity index (χ4n) is 1.91. The number of amides is 1. The minimum atomic E-state index is -0.487. The minimum Gasteiger partial charge on any atom is -0.444 e. The van der Waals surface area contributed by atoms with Crippen LogP contribution in [0.25, 0.3) is 0 Å². The molecule has 24 heavy (non-hydrogen) atoms. The van der Waals surface area contributed by atoms with E-state index in [1.807, 2.05) is 45.0 Å². The Kier molecular flexibility index (Phi) is 7.55. The summed E-state index contributed by atoms with van der Waals surface area (Å²) in [6.45, 7) is 9.50. The number of rotatable bonds is 6. The Bertz CT molecular complexity index is 547. The second kappa shape index (κ2) is 9.15. The zero-order valence-corrected chi connectivity index (χ0v) is 15.4. The molecule has 0 aromatic heterocycles. The van der Waals surface area contributed by atoms with Crippen LogP contribution in [-0.4, -0.2) is 36.1 Å². The van der Waals surface area contributed by atoms with E-state index < -0.39 is 5.60 Å². The molecule has 1 rings (SSSR count). The fraction of sp³-hybridized carbons (Fsp3) is 0.556. The van der Waals surface area contributed by atoms with Crippen molar-refractivity contribution in [2.45, 2.75) is 52.8 Å². The molecule has 0 spiro atoms. The number of benzene rings is 1. The molecule has 0 aliphatic heterocycles. The first-order chi connectivity index (χ1) is 11.2. The number of nitrogens with two attached hydrogens (primary N) is 1. The summed E-state index contributed by atoms with van der Waals surface area (Å²) in [7, 11) is 1.73. The molecule has 0 unspecified atom stereocenters. The van der Waals surface area contributed by atoms with Crippen molar-refractivity contribution in [1.82, 2.24) is 10.2 Å². The minimum absolute atomic E-state index is 0.328. The summed E-state index contributed by atoms with van der Waals surface area (Å²) in [6.07, 6.45) is 0.682. The van der Waals surface area contributed by atoms with Crippen LogP contribution in [0.1, 0.15) is 45.2 Å². The van der Waals surface area contributed by atoms with Crippen LogP contribution in [0.2, 0.25) is 0 Å². The monoisotopic (exact) mass is 334 g/mol. The van der Waals surface area contributed by atoms with Gasteiger partial charge in [-0.25, -0.2) is 9.79 Å². The summed E-state index contributed by atoms with van der Waals surface area (Å²) in [5.74, 6) is 0.464. The molecule has 3 N–H and O–H groups in total. The average Bonchev–Trinajstić information content (AvgIpc) is 2.50. The second-order valence-electron chi connectivity index (χ2n) is 6.78. The molecule has 0 heterocycles. The highest BCUT2D eigenvalue weighted by molar-refractivity contribution is 5.77. The van der Waals surface area contributed by atoms with Crippen LogP contribution >= 0.6 is 0 Å². The zero-order valence-electron chi connectivity index (χ0n) is 15.4. The maximum absolute atomic E-state index is 12.0. The van der Waals surface area contributed by atoms with E-state index in [9.17, 15) is 4.79 Å². The number of nitrogens with one attached hydrogen (secondary N) is 1. The van der Waals surface area contributed by atoms with Crippen LogP contribution in [0.4, 0.5) is 4.79 Å². The maximum Gasteiger partial charge on any atom is 0.410 e. The zero-order chi connectivity index (χ0) is 18.2. The molecule has 0 aliphatic carbocycles. The van der Waals surface area contributed by atoms with Crippen molar-refractivity contribution in [2.24, 2.45) is 10.7 Å². The van der Waals surface area contributed by atoms with E-state index in [1.54, 1.807) is 11.9 Å². The number of aliphatic imine (C=N–C) groups is 1. The van der Waals surface area contributed by atoms with Gasteiger partial charge in [-0.3, -0.25) is 0 Å². The Morgan fingerprint density at radius 2 is 1.83 bits per heavy atom. The maximum atomic E-state index is 12.0. The Balaban J connectivity index is 2.54. The molecule has 0 aliphatic rings. The van der Waals surface area contributed by atoms with Gasteiger partial charge < -0.3 is 20.7 Å². The third-order valence-corrected chi connectivity index (χ3v) is 3.14. The summed E-state index contributed by atoms with van der Waals surface area (Å²) in [4.78, 5) is 17.8. The first kappa shape index (κ1) is 19.8. The van der Waals surface area contributed by atoms with E-state index >= 15 is 0 Å². The molecular formula is C18H30N4O2. The summed E-state index contributed by atoms with van der Waals surface area (Å²) in [6, 6.07) is 7.96. The van der Waals surface area contributed by atoms with Crippen molar-refractivity contribution < 1.29 is 9.53 Å². The van der Waals surface area contributed by atoms with Gasteiger partial charge in [-0.1, -0.05) is 31.2 Å². The highest BCUT2D eigenvalue weighted by atomic mass is 16.6. The lowest BCUT2D eigenvalue weighted by molar-refractivity contribution is 0.0285. The van der Waals surface area contributed by atoms with Crippen LogP contribution in [0, 0.1) is 0 Å². The van der Waals surface area contributed by atoms with E-state index in [1.165, 1.54) is 0 Å². The van der Waals surface area contributed by atoms with Crippen LogP contribution in [0.5, 0.6) is 0 Å². The Labute approximate surface area is 145 Å². The van der Waals surface area contributed by atoms with Gasteiger partial charge in [0, 0.05) is 20.1 Å². The van der Waals surface area contributed by atoms with Crippen LogP contribution < -0.4 is 11.1 Å². The Morgan fingerprint density at radius 1 is 1.25 bits per heavy atom. The summed E-state index contributed by atoms with van der Waals surface area (Å²) < 4.78 is 5.34. The van der Waals surface area contributed by atoms with Gasteiger partial charge in [0.2, 0.25) is 0 Å². The number of nitrogens with zero attached hydrogens (tertiary/aromatic N) is 2. The van der Waals surface area contributed by atoms with E-state index in [4.69, 9.17) is 10.5 Å². The van der Waals surface area contributed by atoms with Crippen molar-refractivity contribution in [3.05, 3.63) is 35.4 Å². The number of guanidine groups is 1. The fourth-order valence-corrected chi connectivity index (χ4v) is 1.91. The van der Waals surface area contributed by atoms with Gasteiger partial charge in [-0.15, -0.1) is 0 Å². The molecule has 6 heteroatoms. The van der Waals surface area contributed by atoms with E-state index in [0.29, 0.717) is 19.0 Å². The molecular weight excluding hydrogens is 304 g/mol. The van der Waals surface area contributed by atoms with Crippen LogP contribution in [0.15, 0.2) is 29.3 Å². The lowest BCUT2D eigenvalue weighted by Crippen LogP contribution is -2.33. The molecule has 0 atom stereocenters. The molecule has 6 nitrogen and oxygen atoms in total. The molecule has 1 aromatic carbocycles. The smallest absolute Gasteiger partial charge is 0.410 e. The van der Waals surface area contributed by atoms with Gasteiger partial charge in [0.15, 0.2) is 5.96 Å². The van der Waals surface area contributed by atoms with Crippen LogP contribution in [0.3, 0.4) is 0 Å². The molecule has 0 saturated carbocycles. The van der Waals surface area contributed by atoms with Crippen molar-refractivity contribution in [2.75, 3.05) is 13.6 Å². The molecule has 134 valence electrons. The predicted octanol–water partition coefficient (Wildman–Crippen LogP) is 2.87. The average molecular weight is 334 g/mol. The number of carbonyl (C=O) groups excluding carboxylic acids is 1. The molecule has 0 bridgehead atoms. The third kappa shape index (κ3) is 7.85. The van der Waals surface area contributed by atoms with Gasteiger partial charge >= 0.3 is 6.09 Å². The highest BCUT2D eigenvalue weighted by Crippen LogP contribution is 2.12. The molecule has 0 saturated heterocycles. The predicted molar refractivity (Wildman–Crippen MR) is 97.8 cm³/mol. The number of hydrogen-bond acceptors (Lipinski definition) is 3. The van der Waals surface area contributed by atoms with Gasteiger partial charge in [-0.05, 0) is 38.3 Å². The third-order valence-electron chi connectivity index (χ3n) is 3.14. The van der Waals surface area contributed by atoms with E-state index in [-0.39, 0.29) is 6.09 Å². The largest absolute Gasteiger partial charge is 0.444 e. The van der Waals surface area contributed by atoms with Crippen molar-refractivity contribution in [3.8, 4) is 0 Å². The van der Waals surface area contributed by atoms with Gasteiger partial charge in [0.05, 0.1) is 6.54 Å². The molecule has 1 aromatic rings. The quantitative estimate of drug-likeness (QED) is 0.619. The standard InChI is InChI=1S/C18H30N4O2/c1-6-11-20-16(19)21-12-14-7-9-15(10-8-14)13-22(5)17(23)24-18(2,3)4/h7-10H,6,11-13H2,1-5H3,(H3,19,20,21). The normalized spacial score (nSPS) is 12.0. The number of ether oxygens (including phenoxy) is 1. The Hall–Kier alpha value is -2.24. The number of carbonyl (C=O) groups is 1. The first-order valence-electron chi connectivity index (χ1n) is 8.27. The molecule has 1 amide bonds. The van der Waals surface area contributed by atoms with E-state index in [2.05, 4.69) is 17.2 Å². The number of hydrogen-bond donors (Lipinski definition) is 2. The molecule has 0 fully saturated rings. The van der Waals surface area contributed by atoms with Crippen molar-refractivity contribution in [3.63, 3.8) is 0 Å². The van der Waals surface area contributed by atoms with Gasteiger partial charge in [0.1, 0.15) is 5.60 Å². The van der Waals surface area contributed by atoms with E-state index in [0.717, 1.165) is 24.1 Å². The first-order valence-corrected chi connectivity index (χ1v) is 8.27. The van der Waals surface area contributed by atoms with Crippen molar-refractivity contribution >= 4 is 12.1 Å². The lowest BCUT2D eigenvalue weighted by Gasteiger charge is -2.24. The van der Waals surface area contributed by atoms with Gasteiger partial charge in [-0.2, -0.15) is 0 Å². The highest BCUT2D eigenvalue weighted by Gasteiger charge is 2.19. The topological polar surface area (TPSA) is 80.0 Å². The molecule has 0 radical (unpaired) electrons. The van der Waals surface area contributed by atoms with Gasteiger partial charge in [0.25, 0.3) is 0 Å². The summed E-state index contributed by atoms with van der Waals surface area (Å²) in [5.41, 5.74) is 7.39. The Morgan fingerprint density at radius 3 is 2.38 bits per heavy atom. The van der Waals surface area contributed by atoms with Crippen molar-refractivity contribution in [1.29, 1.82) is 0 Å². The second-order valence-corrected chi connectivity index (χ2v) is 6.78. The summed E-state index contributed by atoms with van der Waals surface area (Å²) >= 11 is 0. The SMILES string of the molecule is CCCNC(N)=NCc1ccc(CN(C)C(=O)OC(C)(C)C)cc1.